The Balaban J connectivity index is 2.18. The molecule has 1 rings (SSSR count). The predicted molar refractivity (Wildman–Crippen MR) is 61.6 cm³/mol. The van der Waals surface area contributed by atoms with E-state index >= 15 is 0 Å². The summed E-state index contributed by atoms with van der Waals surface area (Å²) in [6.07, 6.45) is 3.09. The first-order chi connectivity index (χ1) is 7.19. The molecule has 1 aliphatic rings. The summed E-state index contributed by atoms with van der Waals surface area (Å²) in [5.41, 5.74) is 0. The molecule has 4 unspecified atom stereocenters. The van der Waals surface area contributed by atoms with Crippen molar-refractivity contribution in [3.8, 4) is 0 Å². The Hall–Kier alpha value is 0.0300. The van der Waals surface area contributed by atoms with E-state index < -0.39 is 10.8 Å². The van der Waals surface area contributed by atoms with E-state index in [2.05, 4.69) is 5.32 Å². The van der Waals surface area contributed by atoms with Gasteiger partial charge in [0.05, 0.1) is 12.2 Å². The van der Waals surface area contributed by atoms with E-state index in [-0.39, 0.29) is 12.2 Å². The highest BCUT2D eigenvalue weighted by Gasteiger charge is 2.41. The Bertz CT molecular complexity index is 213. The van der Waals surface area contributed by atoms with Crippen LogP contribution in [0.25, 0.3) is 0 Å². The molecular formula is C10H21NO3S. The summed E-state index contributed by atoms with van der Waals surface area (Å²) in [4.78, 5) is 0. The lowest BCUT2D eigenvalue weighted by Gasteiger charge is -2.43. The number of methoxy groups -OCH3 is 1. The summed E-state index contributed by atoms with van der Waals surface area (Å²) < 4.78 is 21.7. The SMILES string of the molecule is CCOC1CC(NCCS(C)=O)C1OC. The highest BCUT2D eigenvalue weighted by atomic mass is 32.2. The minimum absolute atomic E-state index is 0.148. The average molecular weight is 235 g/mol. The van der Waals surface area contributed by atoms with E-state index in [1.807, 2.05) is 6.92 Å². The molecule has 0 spiro atoms. The lowest BCUT2D eigenvalue weighted by Crippen LogP contribution is -2.60. The predicted octanol–water partition coefficient (Wildman–Crippen LogP) is 0.147. The van der Waals surface area contributed by atoms with Gasteiger partial charge in [-0.05, 0) is 13.3 Å². The van der Waals surface area contributed by atoms with Gasteiger partial charge in [0, 0.05) is 49.1 Å². The maximum Gasteiger partial charge on any atom is 0.0986 e. The monoisotopic (exact) mass is 235 g/mol. The summed E-state index contributed by atoms with van der Waals surface area (Å²) in [6.45, 7) is 3.51. The van der Waals surface area contributed by atoms with Crippen LogP contribution in [0.5, 0.6) is 0 Å². The molecular weight excluding hydrogens is 214 g/mol. The first-order valence-corrected chi connectivity index (χ1v) is 7.09. The average Bonchev–Trinajstić information content (AvgIpc) is 2.15. The van der Waals surface area contributed by atoms with Crippen molar-refractivity contribution in [3.63, 3.8) is 0 Å². The van der Waals surface area contributed by atoms with Crippen molar-refractivity contribution in [3.05, 3.63) is 0 Å². The highest BCUT2D eigenvalue weighted by molar-refractivity contribution is 7.84. The third-order valence-corrected chi connectivity index (χ3v) is 3.48. The van der Waals surface area contributed by atoms with Gasteiger partial charge in [0.15, 0.2) is 0 Å². The topological polar surface area (TPSA) is 47.6 Å². The molecule has 0 aromatic rings. The van der Waals surface area contributed by atoms with Crippen LogP contribution in [0.15, 0.2) is 0 Å². The Kier molecular flexibility index (Phi) is 5.74. The lowest BCUT2D eigenvalue weighted by molar-refractivity contribution is -0.130. The number of ether oxygens (including phenoxy) is 2. The Morgan fingerprint density at radius 3 is 2.80 bits per heavy atom. The van der Waals surface area contributed by atoms with Crippen molar-refractivity contribution >= 4 is 10.8 Å². The second-order valence-electron chi connectivity index (χ2n) is 3.77. The molecule has 0 aromatic carbocycles. The highest BCUT2D eigenvalue weighted by Crippen LogP contribution is 2.26. The molecule has 0 bridgehead atoms. The van der Waals surface area contributed by atoms with Crippen LogP contribution in [0.1, 0.15) is 13.3 Å². The molecule has 0 heterocycles. The first-order valence-electron chi connectivity index (χ1n) is 5.36. The van der Waals surface area contributed by atoms with Gasteiger partial charge in [-0.15, -0.1) is 0 Å². The molecule has 0 amide bonds. The molecule has 0 radical (unpaired) electrons. The van der Waals surface area contributed by atoms with Crippen molar-refractivity contribution in [2.24, 2.45) is 0 Å². The van der Waals surface area contributed by atoms with Gasteiger partial charge in [0.2, 0.25) is 0 Å². The molecule has 0 saturated heterocycles. The van der Waals surface area contributed by atoms with E-state index in [1.165, 1.54) is 0 Å². The van der Waals surface area contributed by atoms with Gasteiger partial charge in [-0.25, -0.2) is 0 Å². The van der Waals surface area contributed by atoms with Crippen LogP contribution >= 0.6 is 0 Å². The Labute approximate surface area is 94.2 Å². The second-order valence-corrected chi connectivity index (χ2v) is 5.32. The molecule has 1 N–H and O–H groups in total. The fourth-order valence-electron chi connectivity index (χ4n) is 1.86. The van der Waals surface area contributed by atoms with Gasteiger partial charge in [-0.1, -0.05) is 0 Å². The van der Waals surface area contributed by atoms with Gasteiger partial charge >= 0.3 is 0 Å². The van der Waals surface area contributed by atoms with Gasteiger partial charge in [-0.3, -0.25) is 4.21 Å². The largest absolute Gasteiger partial charge is 0.377 e. The van der Waals surface area contributed by atoms with E-state index in [4.69, 9.17) is 9.47 Å². The third-order valence-electron chi connectivity index (χ3n) is 2.70. The minimum atomic E-state index is -0.720. The zero-order chi connectivity index (χ0) is 11.3. The smallest absolute Gasteiger partial charge is 0.0986 e. The van der Waals surface area contributed by atoms with Crippen LogP contribution in [0.4, 0.5) is 0 Å². The van der Waals surface area contributed by atoms with Crippen LogP contribution in [0, 0.1) is 0 Å². The zero-order valence-corrected chi connectivity index (χ0v) is 10.5. The molecule has 1 aliphatic carbocycles. The summed E-state index contributed by atoms with van der Waals surface area (Å²) in [5, 5.41) is 3.34. The summed E-state index contributed by atoms with van der Waals surface area (Å²) in [7, 11) is 0.991. The van der Waals surface area contributed by atoms with Crippen molar-refractivity contribution in [1.29, 1.82) is 0 Å². The molecule has 4 atom stereocenters. The summed E-state index contributed by atoms with van der Waals surface area (Å²) in [6, 6.07) is 0.357. The van der Waals surface area contributed by atoms with E-state index in [1.54, 1.807) is 13.4 Å². The van der Waals surface area contributed by atoms with E-state index in [0.29, 0.717) is 11.8 Å². The molecule has 4 nitrogen and oxygen atoms in total. The summed E-state index contributed by atoms with van der Waals surface area (Å²) >= 11 is 0. The fraction of sp³-hybridized carbons (Fsp3) is 1.00. The second kappa shape index (κ2) is 6.58. The normalized spacial score (nSPS) is 32.3. The lowest BCUT2D eigenvalue weighted by atomic mass is 9.85. The maximum atomic E-state index is 10.9. The van der Waals surface area contributed by atoms with Crippen LogP contribution < -0.4 is 5.32 Å². The maximum absolute atomic E-state index is 10.9. The molecule has 15 heavy (non-hydrogen) atoms. The van der Waals surface area contributed by atoms with Gasteiger partial charge in [-0.2, -0.15) is 0 Å². The van der Waals surface area contributed by atoms with Crippen LogP contribution in [0.2, 0.25) is 0 Å². The molecule has 1 fully saturated rings. The van der Waals surface area contributed by atoms with E-state index in [9.17, 15) is 4.21 Å². The minimum Gasteiger partial charge on any atom is -0.377 e. The molecule has 0 aliphatic heterocycles. The molecule has 90 valence electrons. The van der Waals surface area contributed by atoms with Crippen molar-refractivity contribution < 1.29 is 13.7 Å². The van der Waals surface area contributed by atoms with Gasteiger partial charge in [0.25, 0.3) is 0 Å². The Morgan fingerprint density at radius 2 is 2.27 bits per heavy atom. The number of rotatable bonds is 7. The third kappa shape index (κ3) is 3.83. The van der Waals surface area contributed by atoms with Crippen LogP contribution in [0.3, 0.4) is 0 Å². The fourth-order valence-corrected chi connectivity index (χ4v) is 2.27. The van der Waals surface area contributed by atoms with Gasteiger partial charge < -0.3 is 14.8 Å². The van der Waals surface area contributed by atoms with Crippen molar-refractivity contribution in [2.75, 3.05) is 32.3 Å². The zero-order valence-electron chi connectivity index (χ0n) is 9.69. The first kappa shape index (κ1) is 13.1. The Morgan fingerprint density at radius 1 is 1.53 bits per heavy atom. The quantitative estimate of drug-likeness (QED) is 0.682. The number of nitrogens with one attached hydrogen (secondary N) is 1. The van der Waals surface area contributed by atoms with Crippen molar-refractivity contribution in [2.45, 2.75) is 31.6 Å². The standard InChI is InChI=1S/C10H21NO3S/c1-4-14-9-7-8(10(9)13-2)11-5-6-15(3)12/h8-11H,4-7H2,1-3H3. The summed E-state index contributed by atoms with van der Waals surface area (Å²) in [5.74, 6) is 0.701. The van der Waals surface area contributed by atoms with E-state index in [0.717, 1.165) is 19.6 Å². The number of hydrogen-bond acceptors (Lipinski definition) is 4. The van der Waals surface area contributed by atoms with Crippen molar-refractivity contribution in [1.82, 2.24) is 5.32 Å². The molecule has 1 saturated carbocycles. The molecule has 5 heteroatoms. The van der Waals surface area contributed by atoms with Gasteiger partial charge in [0.1, 0.15) is 0 Å². The van der Waals surface area contributed by atoms with Crippen LogP contribution in [-0.4, -0.2) is 54.7 Å². The van der Waals surface area contributed by atoms with Crippen LogP contribution in [-0.2, 0) is 20.3 Å². The number of hydrogen-bond donors (Lipinski definition) is 1. The molecule has 0 aromatic heterocycles.